The number of rotatable bonds is 3. The zero-order valence-electron chi connectivity index (χ0n) is 10.9. The largest absolute Gasteiger partial charge is 0.362 e. The van der Waals surface area contributed by atoms with Crippen LogP contribution in [0.1, 0.15) is 24.2 Å². The summed E-state index contributed by atoms with van der Waals surface area (Å²) in [5.74, 6) is 0.847. The first-order valence-corrected chi connectivity index (χ1v) is 7.20. The standard InChI is InChI=1S/C15H15N3S/c1-10(12-7-8-19-9-12)16-15-14-6-4-3-5-13(14)11(2)17-18-15/h3-10H,1-2H3,(H,16,18). The average Bonchev–Trinajstić information content (AvgIpc) is 2.96. The van der Waals surface area contributed by atoms with E-state index in [1.165, 1.54) is 5.56 Å². The van der Waals surface area contributed by atoms with Gasteiger partial charge in [0.2, 0.25) is 0 Å². The quantitative estimate of drug-likeness (QED) is 0.775. The lowest BCUT2D eigenvalue weighted by Gasteiger charge is -2.15. The molecular formula is C15H15N3S. The molecule has 0 aliphatic rings. The molecule has 0 fully saturated rings. The Bertz CT molecular complexity index is 692. The third-order valence-corrected chi connectivity index (χ3v) is 3.97. The van der Waals surface area contributed by atoms with Crippen molar-refractivity contribution in [3.05, 3.63) is 52.3 Å². The van der Waals surface area contributed by atoms with Gasteiger partial charge in [0, 0.05) is 10.8 Å². The second-order valence-electron chi connectivity index (χ2n) is 4.60. The van der Waals surface area contributed by atoms with Crippen LogP contribution in [0.3, 0.4) is 0 Å². The summed E-state index contributed by atoms with van der Waals surface area (Å²) in [6.07, 6.45) is 0. The molecule has 0 radical (unpaired) electrons. The number of hydrogen-bond donors (Lipinski definition) is 1. The van der Waals surface area contributed by atoms with Gasteiger partial charge >= 0.3 is 0 Å². The number of nitrogens with one attached hydrogen (secondary N) is 1. The van der Waals surface area contributed by atoms with E-state index in [-0.39, 0.29) is 6.04 Å². The smallest absolute Gasteiger partial charge is 0.157 e. The molecule has 0 aliphatic heterocycles. The summed E-state index contributed by atoms with van der Waals surface area (Å²) in [7, 11) is 0. The molecule has 1 atom stereocenters. The molecule has 1 aromatic carbocycles. The number of benzene rings is 1. The normalized spacial score (nSPS) is 12.5. The molecule has 1 unspecified atom stereocenters. The van der Waals surface area contributed by atoms with Crippen molar-refractivity contribution in [1.29, 1.82) is 0 Å². The molecule has 3 aromatic rings. The lowest BCUT2D eigenvalue weighted by Crippen LogP contribution is -2.08. The first-order chi connectivity index (χ1) is 9.25. The Balaban J connectivity index is 2.00. The minimum Gasteiger partial charge on any atom is -0.362 e. The van der Waals surface area contributed by atoms with Gasteiger partial charge in [-0.3, -0.25) is 0 Å². The van der Waals surface area contributed by atoms with Gasteiger partial charge in [0.15, 0.2) is 5.82 Å². The molecule has 3 nitrogen and oxygen atoms in total. The Morgan fingerprint density at radius 2 is 1.89 bits per heavy atom. The highest BCUT2D eigenvalue weighted by molar-refractivity contribution is 7.07. The summed E-state index contributed by atoms with van der Waals surface area (Å²) in [5.41, 5.74) is 2.24. The number of anilines is 1. The molecule has 3 rings (SSSR count). The molecule has 0 amide bonds. The van der Waals surface area contributed by atoms with Crippen molar-refractivity contribution in [3.8, 4) is 0 Å². The molecule has 96 valence electrons. The van der Waals surface area contributed by atoms with Crippen LogP contribution in [0.2, 0.25) is 0 Å². The van der Waals surface area contributed by atoms with Crippen LogP contribution < -0.4 is 5.32 Å². The van der Waals surface area contributed by atoms with Crippen molar-refractivity contribution in [2.75, 3.05) is 5.32 Å². The van der Waals surface area contributed by atoms with Crippen molar-refractivity contribution in [2.24, 2.45) is 0 Å². The molecule has 2 heterocycles. The van der Waals surface area contributed by atoms with Gasteiger partial charge in [-0.2, -0.15) is 16.4 Å². The van der Waals surface area contributed by atoms with Crippen molar-refractivity contribution in [1.82, 2.24) is 10.2 Å². The molecule has 0 saturated carbocycles. The van der Waals surface area contributed by atoms with Crippen LogP contribution in [0.4, 0.5) is 5.82 Å². The summed E-state index contributed by atoms with van der Waals surface area (Å²) in [5, 5.41) is 18.5. The molecule has 0 bridgehead atoms. The number of nitrogens with zero attached hydrogens (tertiary/aromatic N) is 2. The number of aryl methyl sites for hydroxylation is 1. The van der Waals surface area contributed by atoms with Gasteiger partial charge in [-0.15, -0.1) is 5.10 Å². The van der Waals surface area contributed by atoms with E-state index in [0.29, 0.717) is 0 Å². The highest BCUT2D eigenvalue weighted by atomic mass is 32.1. The molecule has 0 saturated heterocycles. The summed E-state index contributed by atoms with van der Waals surface area (Å²) in [4.78, 5) is 0. The predicted molar refractivity (Wildman–Crippen MR) is 80.6 cm³/mol. The lowest BCUT2D eigenvalue weighted by atomic mass is 10.1. The van der Waals surface area contributed by atoms with E-state index in [0.717, 1.165) is 22.3 Å². The van der Waals surface area contributed by atoms with E-state index >= 15 is 0 Å². The van der Waals surface area contributed by atoms with Gasteiger partial charge in [0.05, 0.1) is 11.7 Å². The number of hydrogen-bond acceptors (Lipinski definition) is 4. The van der Waals surface area contributed by atoms with Gasteiger partial charge in [0.25, 0.3) is 0 Å². The zero-order chi connectivity index (χ0) is 13.2. The van der Waals surface area contributed by atoms with E-state index in [1.54, 1.807) is 11.3 Å². The Hall–Kier alpha value is -1.94. The highest BCUT2D eigenvalue weighted by Crippen LogP contribution is 2.26. The summed E-state index contributed by atoms with van der Waals surface area (Å²) >= 11 is 1.71. The molecule has 0 aliphatic carbocycles. The van der Waals surface area contributed by atoms with Gasteiger partial charge in [-0.05, 0) is 36.2 Å². The van der Waals surface area contributed by atoms with E-state index in [9.17, 15) is 0 Å². The SMILES string of the molecule is Cc1nnc(NC(C)c2ccsc2)c2ccccc12. The summed E-state index contributed by atoms with van der Waals surface area (Å²) in [6.45, 7) is 4.12. The number of thiophene rings is 1. The minimum atomic E-state index is 0.228. The third-order valence-electron chi connectivity index (χ3n) is 3.27. The van der Waals surface area contributed by atoms with Crippen LogP contribution in [0, 0.1) is 6.92 Å². The molecular weight excluding hydrogens is 254 g/mol. The third kappa shape index (κ3) is 2.31. The fraction of sp³-hybridized carbons (Fsp3) is 0.200. The van der Waals surface area contributed by atoms with Crippen LogP contribution in [-0.4, -0.2) is 10.2 Å². The van der Waals surface area contributed by atoms with Crippen molar-refractivity contribution >= 4 is 27.9 Å². The van der Waals surface area contributed by atoms with E-state index in [1.807, 2.05) is 19.1 Å². The molecule has 4 heteroatoms. The second kappa shape index (κ2) is 4.97. The van der Waals surface area contributed by atoms with E-state index in [4.69, 9.17) is 0 Å². The van der Waals surface area contributed by atoms with Crippen LogP contribution >= 0.6 is 11.3 Å². The Labute approximate surface area is 116 Å². The molecule has 0 spiro atoms. The van der Waals surface area contributed by atoms with Gasteiger partial charge < -0.3 is 5.32 Å². The van der Waals surface area contributed by atoms with Crippen molar-refractivity contribution < 1.29 is 0 Å². The topological polar surface area (TPSA) is 37.8 Å². The number of aromatic nitrogens is 2. The summed E-state index contributed by atoms with van der Waals surface area (Å²) < 4.78 is 0. The van der Waals surface area contributed by atoms with Crippen LogP contribution in [-0.2, 0) is 0 Å². The minimum absolute atomic E-state index is 0.228. The van der Waals surface area contributed by atoms with Crippen molar-refractivity contribution in [2.45, 2.75) is 19.9 Å². The lowest BCUT2D eigenvalue weighted by molar-refractivity contribution is 0.866. The molecule has 19 heavy (non-hydrogen) atoms. The van der Waals surface area contributed by atoms with Gasteiger partial charge in [0.1, 0.15) is 0 Å². The predicted octanol–water partition coefficient (Wildman–Crippen LogP) is 4.17. The maximum atomic E-state index is 4.30. The van der Waals surface area contributed by atoms with Crippen LogP contribution in [0.5, 0.6) is 0 Å². The summed E-state index contributed by atoms with van der Waals surface area (Å²) in [6, 6.07) is 10.6. The first-order valence-electron chi connectivity index (χ1n) is 6.26. The maximum Gasteiger partial charge on any atom is 0.157 e. The molecule has 1 N–H and O–H groups in total. The van der Waals surface area contributed by atoms with Crippen LogP contribution in [0.15, 0.2) is 41.1 Å². The highest BCUT2D eigenvalue weighted by Gasteiger charge is 2.10. The van der Waals surface area contributed by atoms with Gasteiger partial charge in [-0.1, -0.05) is 24.3 Å². The maximum absolute atomic E-state index is 4.30. The first kappa shape index (κ1) is 12.1. The fourth-order valence-corrected chi connectivity index (χ4v) is 2.91. The van der Waals surface area contributed by atoms with Crippen molar-refractivity contribution in [3.63, 3.8) is 0 Å². The monoisotopic (exact) mass is 269 g/mol. The Morgan fingerprint density at radius 3 is 2.63 bits per heavy atom. The zero-order valence-corrected chi connectivity index (χ0v) is 11.7. The second-order valence-corrected chi connectivity index (χ2v) is 5.38. The molecule has 2 aromatic heterocycles. The Kier molecular flexibility index (Phi) is 3.17. The number of fused-ring (bicyclic) bond motifs is 1. The van der Waals surface area contributed by atoms with E-state index in [2.05, 4.69) is 51.4 Å². The van der Waals surface area contributed by atoms with E-state index < -0.39 is 0 Å². The Morgan fingerprint density at radius 1 is 1.11 bits per heavy atom. The fourth-order valence-electron chi connectivity index (χ4n) is 2.15. The average molecular weight is 269 g/mol. The van der Waals surface area contributed by atoms with Crippen LogP contribution in [0.25, 0.3) is 10.8 Å². The van der Waals surface area contributed by atoms with Gasteiger partial charge in [-0.25, -0.2) is 0 Å².